The fraction of sp³-hybridized carbons (Fsp3) is 0.214. The number of ketones is 1. The van der Waals surface area contributed by atoms with E-state index in [0.29, 0.717) is 22.6 Å². The summed E-state index contributed by atoms with van der Waals surface area (Å²) in [7, 11) is 0. The SMILES string of the molecule is CC(=O)N1CC(NC(=O)Nc2cccc(C)c2)C(=O)N(CC(=O)c2ccccc2C)c2ccccc21. The number of fused-ring (bicyclic) bond motifs is 1. The Bertz CT molecular complexity index is 1340. The van der Waals surface area contributed by atoms with Gasteiger partial charge in [-0.1, -0.05) is 48.5 Å². The Kier molecular flexibility index (Phi) is 7.15. The van der Waals surface area contributed by atoms with Crippen molar-refractivity contribution in [3.63, 3.8) is 0 Å². The minimum atomic E-state index is -1.07. The molecule has 36 heavy (non-hydrogen) atoms. The molecule has 8 nitrogen and oxygen atoms in total. The minimum absolute atomic E-state index is 0.0680. The molecule has 4 amide bonds. The Morgan fingerprint density at radius 2 is 1.61 bits per heavy atom. The van der Waals surface area contributed by atoms with Crippen LogP contribution in [0.4, 0.5) is 21.9 Å². The number of nitrogens with one attached hydrogen (secondary N) is 2. The largest absolute Gasteiger partial charge is 0.324 e. The summed E-state index contributed by atoms with van der Waals surface area (Å²) in [6.45, 7) is 4.84. The van der Waals surface area contributed by atoms with E-state index in [1.807, 2.05) is 38.1 Å². The van der Waals surface area contributed by atoms with E-state index >= 15 is 0 Å². The molecule has 3 aromatic carbocycles. The number of hydrogen-bond acceptors (Lipinski definition) is 4. The van der Waals surface area contributed by atoms with Gasteiger partial charge in [0, 0.05) is 18.2 Å². The maximum atomic E-state index is 13.8. The van der Waals surface area contributed by atoms with Gasteiger partial charge in [-0.05, 0) is 49.2 Å². The zero-order chi connectivity index (χ0) is 25.8. The number of Topliss-reactive ketones (excluding diaryl/α,β-unsaturated/α-hetero) is 1. The Labute approximate surface area is 209 Å². The average Bonchev–Trinajstić information content (AvgIpc) is 2.95. The lowest BCUT2D eigenvalue weighted by Gasteiger charge is -2.25. The molecule has 1 unspecified atom stereocenters. The number of aryl methyl sites for hydroxylation is 2. The number of nitrogens with zero attached hydrogens (tertiary/aromatic N) is 2. The number of amides is 4. The van der Waals surface area contributed by atoms with Gasteiger partial charge in [-0.15, -0.1) is 0 Å². The van der Waals surface area contributed by atoms with Gasteiger partial charge in [-0.3, -0.25) is 14.4 Å². The fourth-order valence-electron chi connectivity index (χ4n) is 4.32. The van der Waals surface area contributed by atoms with Crippen LogP contribution in [0.2, 0.25) is 0 Å². The summed E-state index contributed by atoms with van der Waals surface area (Å²) in [6, 6.07) is 19.7. The molecule has 1 heterocycles. The van der Waals surface area contributed by atoms with Crippen molar-refractivity contribution in [1.29, 1.82) is 0 Å². The maximum absolute atomic E-state index is 13.8. The molecule has 8 heteroatoms. The summed E-state index contributed by atoms with van der Waals surface area (Å²) in [5, 5.41) is 5.44. The van der Waals surface area contributed by atoms with Crippen molar-refractivity contribution in [2.45, 2.75) is 26.8 Å². The first kappa shape index (κ1) is 24.7. The Hall–Kier alpha value is -4.46. The van der Waals surface area contributed by atoms with Gasteiger partial charge >= 0.3 is 6.03 Å². The van der Waals surface area contributed by atoms with E-state index in [4.69, 9.17) is 0 Å². The average molecular weight is 485 g/mol. The van der Waals surface area contributed by atoms with Gasteiger partial charge in [0.1, 0.15) is 6.04 Å². The van der Waals surface area contributed by atoms with E-state index in [1.54, 1.807) is 48.5 Å². The highest BCUT2D eigenvalue weighted by Crippen LogP contribution is 2.33. The second-order valence-electron chi connectivity index (χ2n) is 8.80. The summed E-state index contributed by atoms with van der Waals surface area (Å²) < 4.78 is 0. The van der Waals surface area contributed by atoms with Crippen LogP contribution >= 0.6 is 0 Å². The van der Waals surface area contributed by atoms with Crippen molar-refractivity contribution in [3.05, 3.63) is 89.5 Å². The van der Waals surface area contributed by atoms with E-state index in [-0.39, 0.29) is 24.8 Å². The van der Waals surface area contributed by atoms with Gasteiger partial charge in [0.05, 0.1) is 24.5 Å². The number of para-hydroxylation sites is 2. The molecule has 0 fully saturated rings. The van der Waals surface area contributed by atoms with E-state index < -0.39 is 18.0 Å². The highest BCUT2D eigenvalue weighted by atomic mass is 16.2. The molecule has 184 valence electrons. The lowest BCUT2D eigenvalue weighted by molar-refractivity contribution is -0.120. The predicted molar refractivity (Wildman–Crippen MR) is 139 cm³/mol. The molecule has 4 rings (SSSR count). The third kappa shape index (κ3) is 5.27. The first-order valence-corrected chi connectivity index (χ1v) is 11.7. The lowest BCUT2D eigenvalue weighted by atomic mass is 10.0. The normalized spacial score (nSPS) is 15.1. The topological polar surface area (TPSA) is 98.8 Å². The minimum Gasteiger partial charge on any atom is -0.324 e. The van der Waals surface area contributed by atoms with Gasteiger partial charge in [0.2, 0.25) is 5.91 Å². The van der Waals surface area contributed by atoms with Crippen molar-refractivity contribution in [3.8, 4) is 0 Å². The standard InChI is InChI=1S/C28H28N4O4/c1-18-9-8-11-21(15-18)29-28(36)30-23-16-31(20(3)33)24-13-6-7-14-25(24)32(27(23)35)17-26(34)22-12-5-4-10-19(22)2/h4-15,23H,16-17H2,1-3H3,(H2,29,30,36). The Morgan fingerprint density at radius 1 is 0.917 bits per heavy atom. The first-order valence-electron chi connectivity index (χ1n) is 11.7. The molecule has 1 aliphatic rings. The molecule has 0 spiro atoms. The van der Waals surface area contributed by atoms with Crippen LogP contribution in [0.5, 0.6) is 0 Å². The molecule has 0 saturated heterocycles. The monoisotopic (exact) mass is 484 g/mol. The van der Waals surface area contributed by atoms with Crippen LogP contribution in [0, 0.1) is 13.8 Å². The van der Waals surface area contributed by atoms with Crippen LogP contribution in [-0.4, -0.2) is 42.8 Å². The fourth-order valence-corrected chi connectivity index (χ4v) is 4.32. The van der Waals surface area contributed by atoms with Crippen molar-refractivity contribution >= 4 is 40.7 Å². The van der Waals surface area contributed by atoms with Crippen LogP contribution < -0.4 is 20.4 Å². The molecule has 0 aromatic heterocycles. The van der Waals surface area contributed by atoms with Crippen LogP contribution in [0.15, 0.2) is 72.8 Å². The third-order valence-corrected chi connectivity index (χ3v) is 6.10. The van der Waals surface area contributed by atoms with Gasteiger partial charge in [0.15, 0.2) is 5.78 Å². The van der Waals surface area contributed by atoms with Gasteiger partial charge in [-0.25, -0.2) is 4.79 Å². The van der Waals surface area contributed by atoms with Crippen molar-refractivity contribution in [2.24, 2.45) is 0 Å². The summed E-state index contributed by atoms with van der Waals surface area (Å²) >= 11 is 0. The molecule has 0 aliphatic carbocycles. The summed E-state index contributed by atoms with van der Waals surface area (Å²) in [6.07, 6.45) is 0. The van der Waals surface area contributed by atoms with Gasteiger partial charge < -0.3 is 20.4 Å². The van der Waals surface area contributed by atoms with Crippen LogP contribution in [0.1, 0.15) is 28.4 Å². The van der Waals surface area contributed by atoms with Crippen LogP contribution in [0.3, 0.4) is 0 Å². The molecule has 1 aliphatic heterocycles. The van der Waals surface area contributed by atoms with Crippen LogP contribution in [0.25, 0.3) is 0 Å². The van der Waals surface area contributed by atoms with Crippen molar-refractivity contribution in [1.82, 2.24) is 5.32 Å². The molecule has 1 atom stereocenters. The number of carbonyl (C=O) groups is 4. The number of rotatable bonds is 5. The smallest absolute Gasteiger partial charge is 0.319 e. The van der Waals surface area contributed by atoms with Gasteiger partial charge in [0.25, 0.3) is 5.91 Å². The zero-order valence-corrected chi connectivity index (χ0v) is 20.4. The molecule has 0 saturated carbocycles. The maximum Gasteiger partial charge on any atom is 0.319 e. The summed E-state index contributed by atoms with van der Waals surface area (Å²) in [5.74, 6) is -1.00. The van der Waals surface area contributed by atoms with Gasteiger partial charge in [-0.2, -0.15) is 0 Å². The predicted octanol–water partition coefficient (Wildman–Crippen LogP) is 4.08. The molecule has 3 aromatic rings. The van der Waals surface area contributed by atoms with Crippen LogP contribution in [-0.2, 0) is 9.59 Å². The molecular weight excluding hydrogens is 456 g/mol. The molecule has 0 radical (unpaired) electrons. The second kappa shape index (κ2) is 10.4. The number of carbonyl (C=O) groups excluding carboxylic acids is 4. The Balaban J connectivity index is 1.66. The molecular formula is C28H28N4O4. The zero-order valence-electron chi connectivity index (χ0n) is 20.4. The number of anilines is 3. The van der Waals surface area contributed by atoms with E-state index in [1.165, 1.54) is 16.7 Å². The third-order valence-electron chi connectivity index (χ3n) is 6.10. The second-order valence-corrected chi connectivity index (χ2v) is 8.80. The van der Waals surface area contributed by atoms with E-state index in [2.05, 4.69) is 10.6 Å². The number of benzene rings is 3. The Morgan fingerprint density at radius 3 is 2.31 bits per heavy atom. The number of hydrogen-bond donors (Lipinski definition) is 2. The molecule has 2 N–H and O–H groups in total. The first-order chi connectivity index (χ1) is 17.2. The summed E-state index contributed by atoms with van der Waals surface area (Å²) in [5.41, 5.74) is 3.79. The highest BCUT2D eigenvalue weighted by Gasteiger charge is 2.37. The van der Waals surface area contributed by atoms with E-state index in [0.717, 1.165) is 11.1 Å². The number of urea groups is 1. The summed E-state index contributed by atoms with van der Waals surface area (Å²) in [4.78, 5) is 55.2. The van der Waals surface area contributed by atoms with Crippen molar-refractivity contribution < 1.29 is 19.2 Å². The lowest BCUT2D eigenvalue weighted by Crippen LogP contribution is -2.54. The highest BCUT2D eigenvalue weighted by molar-refractivity contribution is 6.12. The van der Waals surface area contributed by atoms with Crippen molar-refractivity contribution in [2.75, 3.05) is 28.2 Å². The van der Waals surface area contributed by atoms with E-state index in [9.17, 15) is 19.2 Å². The molecule has 0 bridgehead atoms. The quantitative estimate of drug-likeness (QED) is 0.533.